The summed E-state index contributed by atoms with van der Waals surface area (Å²) in [6.45, 7) is 3.55. The van der Waals surface area contributed by atoms with E-state index in [4.69, 9.17) is 0 Å². The van der Waals surface area contributed by atoms with E-state index in [0.717, 1.165) is 43.4 Å². The van der Waals surface area contributed by atoms with Crippen LogP contribution in [0.2, 0.25) is 0 Å². The Morgan fingerprint density at radius 2 is 1.96 bits per heavy atom. The van der Waals surface area contributed by atoms with Crippen LogP contribution >= 0.6 is 0 Å². The van der Waals surface area contributed by atoms with Crippen LogP contribution in [0.1, 0.15) is 48.2 Å². The summed E-state index contributed by atoms with van der Waals surface area (Å²) in [4.78, 5) is 12.3. The van der Waals surface area contributed by atoms with Crippen molar-refractivity contribution < 1.29 is 18.0 Å². The number of hydrogen-bond donors (Lipinski definition) is 1. The summed E-state index contributed by atoms with van der Waals surface area (Å²) in [5.41, 5.74) is 1.72. The summed E-state index contributed by atoms with van der Waals surface area (Å²) < 4.78 is 40.3. The molecule has 1 aromatic heterocycles. The van der Waals surface area contributed by atoms with Gasteiger partial charge in [0.2, 0.25) is 5.91 Å². The van der Waals surface area contributed by atoms with Crippen LogP contribution in [0.15, 0.2) is 24.3 Å². The van der Waals surface area contributed by atoms with Crippen molar-refractivity contribution in [1.82, 2.24) is 15.1 Å². The molecule has 1 amide bonds. The first-order valence-electron chi connectivity index (χ1n) is 8.78. The van der Waals surface area contributed by atoms with Crippen molar-refractivity contribution in [1.29, 1.82) is 0 Å². The third-order valence-corrected chi connectivity index (χ3v) is 4.92. The van der Waals surface area contributed by atoms with E-state index in [9.17, 15) is 18.0 Å². The molecular formula is C19H22F3N3O. The van der Waals surface area contributed by atoms with E-state index in [1.54, 1.807) is 19.9 Å². The van der Waals surface area contributed by atoms with Crippen molar-refractivity contribution in [3.63, 3.8) is 0 Å². The second-order valence-corrected chi connectivity index (χ2v) is 6.83. The van der Waals surface area contributed by atoms with Gasteiger partial charge in [-0.1, -0.05) is 18.9 Å². The van der Waals surface area contributed by atoms with Crippen LogP contribution in [0.4, 0.5) is 13.2 Å². The summed E-state index contributed by atoms with van der Waals surface area (Å²) in [5.74, 6) is -0.0632. The largest absolute Gasteiger partial charge is 0.416 e. The molecule has 3 rings (SSSR count). The Morgan fingerprint density at radius 1 is 1.27 bits per heavy atom. The number of nitrogens with one attached hydrogen (secondary N) is 1. The number of hydrogen-bond acceptors (Lipinski definition) is 2. The molecule has 0 saturated heterocycles. The molecule has 2 aromatic rings. The normalized spacial score (nSPS) is 15.4. The molecule has 1 saturated carbocycles. The van der Waals surface area contributed by atoms with Crippen molar-refractivity contribution in [3.05, 3.63) is 46.8 Å². The van der Waals surface area contributed by atoms with Gasteiger partial charge in [0, 0.05) is 17.3 Å². The fourth-order valence-electron chi connectivity index (χ4n) is 3.51. The first-order chi connectivity index (χ1) is 12.3. The summed E-state index contributed by atoms with van der Waals surface area (Å²) in [6, 6.07) is 5.28. The SMILES string of the molecule is Cc1nn(-c2cccc(C(F)(F)F)c2)c(C)c1CC(=O)NC1CCCC1. The molecule has 1 fully saturated rings. The third-order valence-electron chi connectivity index (χ3n) is 4.92. The molecule has 1 heterocycles. The number of carbonyl (C=O) groups excluding carboxylic acids is 1. The van der Waals surface area contributed by atoms with Gasteiger partial charge in [-0.25, -0.2) is 4.68 Å². The zero-order valence-electron chi connectivity index (χ0n) is 14.9. The van der Waals surface area contributed by atoms with E-state index in [2.05, 4.69) is 10.4 Å². The number of amides is 1. The van der Waals surface area contributed by atoms with Crippen LogP contribution < -0.4 is 5.32 Å². The second-order valence-electron chi connectivity index (χ2n) is 6.83. The molecule has 0 unspecified atom stereocenters. The van der Waals surface area contributed by atoms with Gasteiger partial charge in [-0.05, 0) is 44.9 Å². The fraction of sp³-hybridized carbons (Fsp3) is 0.474. The van der Waals surface area contributed by atoms with Gasteiger partial charge in [-0.3, -0.25) is 4.79 Å². The summed E-state index contributed by atoms with van der Waals surface area (Å²) >= 11 is 0. The molecule has 26 heavy (non-hydrogen) atoms. The lowest BCUT2D eigenvalue weighted by atomic mass is 10.1. The van der Waals surface area contributed by atoms with Crippen molar-refractivity contribution in [2.45, 2.75) is 58.2 Å². The maximum Gasteiger partial charge on any atom is 0.416 e. The second kappa shape index (κ2) is 7.13. The molecule has 7 heteroatoms. The zero-order chi connectivity index (χ0) is 18.9. The smallest absolute Gasteiger partial charge is 0.353 e. The lowest BCUT2D eigenvalue weighted by Crippen LogP contribution is -2.33. The molecule has 1 aliphatic carbocycles. The highest BCUT2D eigenvalue weighted by Crippen LogP contribution is 2.31. The maximum absolute atomic E-state index is 13.0. The molecule has 0 bridgehead atoms. The molecule has 0 radical (unpaired) electrons. The minimum atomic E-state index is -4.41. The van der Waals surface area contributed by atoms with E-state index >= 15 is 0 Å². The predicted molar refractivity (Wildman–Crippen MR) is 92.1 cm³/mol. The topological polar surface area (TPSA) is 46.9 Å². The van der Waals surface area contributed by atoms with E-state index in [1.165, 1.54) is 10.7 Å². The molecule has 0 spiro atoms. The van der Waals surface area contributed by atoms with E-state index in [0.29, 0.717) is 17.1 Å². The summed E-state index contributed by atoms with van der Waals surface area (Å²) in [6.07, 6.45) is 0.0661. The highest BCUT2D eigenvalue weighted by atomic mass is 19.4. The van der Waals surface area contributed by atoms with E-state index < -0.39 is 11.7 Å². The minimum Gasteiger partial charge on any atom is -0.353 e. The van der Waals surface area contributed by atoms with Crippen LogP contribution in [-0.4, -0.2) is 21.7 Å². The lowest BCUT2D eigenvalue weighted by molar-refractivity contribution is -0.137. The molecule has 1 aliphatic rings. The quantitative estimate of drug-likeness (QED) is 0.886. The minimum absolute atomic E-state index is 0.0632. The zero-order valence-corrected chi connectivity index (χ0v) is 14.9. The van der Waals surface area contributed by atoms with Gasteiger partial charge in [0.1, 0.15) is 0 Å². The van der Waals surface area contributed by atoms with Crippen LogP contribution in [0.25, 0.3) is 5.69 Å². The van der Waals surface area contributed by atoms with E-state index in [-0.39, 0.29) is 18.4 Å². The van der Waals surface area contributed by atoms with Crippen LogP contribution in [0.5, 0.6) is 0 Å². The number of alkyl halides is 3. The highest BCUT2D eigenvalue weighted by Gasteiger charge is 2.31. The standard InChI is InChI=1S/C19H22F3N3O/c1-12-17(11-18(26)23-15-7-3-4-8-15)13(2)25(24-12)16-9-5-6-14(10-16)19(20,21)22/h5-6,9-10,15H,3-4,7-8,11H2,1-2H3,(H,23,26). The molecule has 140 valence electrons. The van der Waals surface area contributed by atoms with Gasteiger partial charge in [-0.2, -0.15) is 18.3 Å². The van der Waals surface area contributed by atoms with Crippen molar-refractivity contribution in [3.8, 4) is 5.69 Å². The van der Waals surface area contributed by atoms with Crippen LogP contribution in [0, 0.1) is 13.8 Å². The Hall–Kier alpha value is -2.31. The van der Waals surface area contributed by atoms with Crippen molar-refractivity contribution in [2.75, 3.05) is 0 Å². The highest BCUT2D eigenvalue weighted by molar-refractivity contribution is 5.79. The number of aromatic nitrogens is 2. The average molecular weight is 365 g/mol. The Kier molecular flexibility index (Phi) is 5.07. The van der Waals surface area contributed by atoms with Gasteiger partial charge in [0.25, 0.3) is 0 Å². The molecule has 1 aromatic carbocycles. The van der Waals surface area contributed by atoms with E-state index in [1.807, 2.05) is 0 Å². The average Bonchev–Trinajstić information content (AvgIpc) is 3.17. The lowest BCUT2D eigenvalue weighted by Gasteiger charge is -2.12. The fourth-order valence-corrected chi connectivity index (χ4v) is 3.51. The Labute approximate surface area is 150 Å². The summed E-state index contributed by atoms with van der Waals surface area (Å²) in [7, 11) is 0. The number of rotatable bonds is 4. The van der Waals surface area contributed by atoms with Crippen LogP contribution in [0.3, 0.4) is 0 Å². The maximum atomic E-state index is 13.0. The Morgan fingerprint density at radius 3 is 2.62 bits per heavy atom. The van der Waals surface area contributed by atoms with Crippen molar-refractivity contribution >= 4 is 5.91 Å². The summed E-state index contributed by atoms with van der Waals surface area (Å²) in [5, 5.41) is 7.39. The molecule has 0 aliphatic heterocycles. The Bertz CT molecular complexity index is 805. The van der Waals surface area contributed by atoms with Gasteiger partial charge < -0.3 is 5.32 Å². The number of aryl methyl sites for hydroxylation is 1. The van der Waals surface area contributed by atoms with Gasteiger partial charge in [-0.15, -0.1) is 0 Å². The monoisotopic (exact) mass is 365 g/mol. The third kappa shape index (κ3) is 3.92. The Balaban J connectivity index is 1.83. The number of nitrogens with zero attached hydrogens (tertiary/aromatic N) is 2. The number of halogens is 3. The first kappa shape index (κ1) is 18.5. The van der Waals surface area contributed by atoms with Gasteiger partial charge in [0.05, 0.1) is 23.4 Å². The molecule has 1 N–H and O–H groups in total. The van der Waals surface area contributed by atoms with Crippen LogP contribution in [-0.2, 0) is 17.4 Å². The predicted octanol–water partition coefficient (Wildman–Crippen LogP) is 4.11. The van der Waals surface area contributed by atoms with Crippen molar-refractivity contribution in [2.24, 2.45) is 0 Å². The number of carbonyl (C=O) groups is 1. The van der Waals surface area contributed by atoms with Gasteiger partial charge >= 0.3 is 6.18 Å². The van der Waals surface area contributed by atoms with Gasteiger partial charge in [0.15, 0.2) is 0 Å². The molecule has 0 atom stereocenters. The first-order valence-corrected chi connectivity index (χ1v) is 8.78. The molecular weight excluding hydrogens is 343 g/mol. The number of benzene rings is 1. The molecule has 4 nitrogen and oxygen atoms in total.